The Kier molecular flexibility index (Phi) is 6.85. The minimum atomic E-state index is -4.14. The fourth-order valence-corrected chi connectivity index (χ4v) is 5.30. The number of rotatable bonds is 8. The van der Waals surface area contributed by atoms with E-state index >= 15 is 0 Å². The monoisotopic (exact) mass is 469 g/mol. The van der Waals surface area contributed by atoms with Crippen LogP contribution in [0.4, 0.5) is 5.69 Å². The van der Waals surface area contributed by atoms with Crippen LogP contribution in [-0.4, -0.2) is 25.9 Å². The van der Waals surface area contributed by atoms with E-state index in [-0.39, 0.29) is 4.90 Å². The molecule has 4 rings (SSSR count). The summed E-state index contributed by atoms with van der Waals surface area (Å²) >= 11 is 0. The molecule has 0 fully saturated rings. The lowest BCUT2D eigenvalue weighted by atomic mass is 10.1. The molecule has 2 N–H and O–H groups in total. The lowest BCUT2D eigenvalue weighted by molar-refractivity contribution is -0.116. The number of sulfonamides is 1. The van der Waals surface area contributed by atoms with Gasteiger partial charge in [-0.1, -0.05) is 78.9 Å². The summed E-state index contributed by atoms with van der Waals surface area (Å²) in [5, 5.41) is 0. The van der Waals surface area contributed by atoms with Gasteiger partial charge in [-0.05, 0) is 41.0 Å². The van der Waals surface area contributed by atoms with Crippen molar-refractivity contribution in [2.75, 3.05) is 10.8 Å². The van der Waals surface area contributed by atoms with Crippen LogP contribution >= 0.6 is 0 Å². The maximum Gasteiger partial charge on any atom is 0.265 e. The van der Waals surface area contributed by atoms with Crippen LogP contribution in [-0.2, 0) is 14.8 Å². The van der Waals surface area contributed by atoms with Crippen molar-refractivity contribution in [2.24, 2.45) is 5.73 Å². The second-order valence-corrected chi connectivity index (χ2v) is 9.34. The van der Waals surface area contributed by atoms with Gasteiger partial charge in [-0.25, -0.2) is 8.42 Å². The van der Waals surface area contributed by atoms with Crippen molar-refractivity contribution < 1.29 is 13.2 Å². The lowest BCUT2D eigenvalue weighted by Crippen LogP contribution is -2.39. The summed E-state index contributed by atoms with van der Waals surface area (Å²) in [6.45, 7) is -0.494. The summed E-state index contributed by atoms with van der Waals surface area (Å²) in [6.07, 6.45) is 7.01. The van der Waals surface area contributed by atoms with Gasteiger partial charge in [0.1, 0.15) is 6.54 Å². The summed E-state index contributed by atoms with van der Waals surface area (Å²) in [5.74, 6) is -0.756. The van der Waals surface area contributed by atoms with Gasteiger partial charge in [-0.15, -0.1) is 0 Å². The van der Waals surface area contributed by atoms with E-state index in [4.69, 9.17) is 5.73 Å². The van der Waals surface area contributed by atoms with Gasteiger partial charge in [0.15, 0.2) is 0 Å². The number of anilines is 1. The van der Waals surface area contributed by atoms with Crippen LogP contribution < -0.4 is 10.0 Å². The molecule has 34 heavy (non-hydrogen) atoms. The number of amides is 1. The highest BCUT2D eigenvalue weighted by atomic mass is 32.2. The number of pyridine rings is 1. The Labute approximate surface area is 199 Å². The van der Waals surface area contributed by atoms with Crippen molar-refractivity contribution in [3.05, 3.63) is 115 Å². The zero-order chi connectivity index (χ0) is 24.0. The van der Waals surface area contributed by atoms with Gasteiger partial charge in [0.05, 0.1) is 10.6 Å². The number of carbonyl (C=O) groups is 1. The van der Waals surface area contributed by atoms with Crippen molar-refractivity contribution >= 4 is 33.8 Å². The van der Waals surface area contributed by atoms with Crippen LogP contribution in [0, 0.1) is 0 Å². The molecule has 0 bridgehead atoms. The van der Waals surface area contributed by atoms with Gasteiger partial charge in [0.25, 0.3) is 10.0 Å². The number of carbonyl (C=O) groups excluding carboxylic acids is 1. The zero-order valence-electron chi connectivity index (χ0n) is 18.3. The Hall–Kier alpha value is -4.23. The summed E-state index contributed by atoms with van der Waals surface area (Å²) in [5.41, 5.74) is 8.69. The average molecular weight is 470 g/mol. The Balaban J connectivity index is 1.84. The first-order valence-electron chi connectivity index (χ1n) is 10.6. The fourth-order valence-electron chi connectivity index (χ4n) is 3.62. The van der Waals surface area contributed by atoms with Gasteiger partial charge in [0, 0.05) is 18.0 Å². The van der Waals surface area contributed by atoms with E-state index in [9.17, 15) is 13.2 Å². The highest BCUT2D eigenvalue weighted by Crippen LogP contribution is 2.33. The largest absolute Gasteiger partial charge is 0.368 e. The number of nitrogens with two attached hydrogens (primary N) is 1. The van der Waals surface area contributed by atoms with Gasteiger partial charge in [-0.3, -0.25) is 14.1 Å². The lowest BCUT2D eigenvalue weighted by Gasteiger charge is -2.26. The van der Waals surface area contributed by atoms with Crippen molar-refractivity contribution in [1.29, 1.82) is 0 Å². The van der Waals surface area contributed by atoms with Crippen molar-refractivity contribution in [3.8, 4) is 11.1 Å². The molecule has 0 aliphatic rings. The molecule has 0 atom stereocenters. The number of benzene rings is 3. The van der Waals surface area contributed by atoms with Crippen LogP contribution in [0.5, 0.6) is 0 Å². The number of hydrogen-bond donors (Lipinski definition) is 1. The van der Waals surface area contributed by atoms with Crippen LogP contribution in [0.25, 0.3) is 23.3 Å². The minimum absolute atomic E-state index is 0.0929. The normalized spacial score (nSPS) is 11.4. The highest BCUT2D eigenvalue weighted by Gasteiger charge is 2.30. The molecule has 4 aromatic rings. The van der Waals surface area contributed by atoms with Crippen LogP contribution in [0.2, 0.25) is 0 Å². The third-order valence-corrected chi connectivity index (χ3v) is 7.02. The number of aromatic nitrogens is 1. The molecule has 0 unspecified atom stereocenters. The topological polar surface area (TPSA) is 93.4 Å². The molecule has 0 radical (unpaired) electrons. The molecule has 1 amide bonds. The highest BCUT2D eigenvalue weighted by molar-refractivity contribution is 7.93. The summed E-state index contributed by atoms with van der Waals surface area (Å²) in [4.78, 5) is 16.1. The molecular weight excluding hydrogens is 446 g/mol. The van der Waals surface area contributed by atoms with E-state index in [0.29, 0.717) is 16.8 Å². The summed E-state index contributed by atoms with van der Waals surface area (Å²) in [7, 11) is -4.14. The maximum atomic E-state index is 14.0. The molecule has 7 heteroatoms. The maximum absolute atomic E-state index is 14.0. The Bertz CT molecular complexity index is 1420. The zero-order valence-corrected chi connectivity index (χ0v) is 19.1. The Morgan fingerprint density at radius 1 is 0.824 bits per heavy atom. The van der Waals surface area contributed by atoms with Crippen molar-refractivity contribution in [3.63, 3.8) is 0 Å². The second kappa shape index (κ2) is 10.1. The van der Waals surface area contributed by atoms with E-state index < -0.39 is 22.5 Å². The summed E-state index contributed by atoms with van der Waals surface area (Å²) in [6, 6.07) is 26.7. The van der Waals surface area contributed by atoms with Crippen LogP contribution in [0.15, 0.2) is 108 Å². The number of para-hydroxylation sites is 1. The first-order valence-corrected chi connectivity index (χ1v) is 12.0. The number of hydrogen-bond acceptors (Lipinski definition) is 4. The second-order valence-electron chi connectivity index (χ2n) is 7.51. The van der Waals surface area contributed by atoms with Gasteiger partial charge in [0.2, 0.25) is 5.91 Å². The summed E-state index contributed by atoms with van der Waals surface area (Å²) < 4.78 is 29.0. The Morgan fingerprint density at radius 2 is 1.47 bits per heavy atom. The van der Waals surface area contributed by atoms with E-state index in [2.05, 4.69) is 4.98 Å². The molecule has 1 heterocycles. The van der Waals surface area contributed by atoms with Gasteiger partial charge in [-0.2, -0.15) is 0 Å². The Morgan fingerprint density at radius 3 is 2.21 bits per heavy atom. The van der Waals surface area contributed by atoms with E-state index in [0.717, 1.165) is 15.4 Å². The predicted molar refractivity (Wildman–Crippen MR) is 135 cm³/mol. The SMILES string of the molecule is NC(=O)CN(c1ccccc1/C=C/c1ccncc1)S(=O)(=O)c1ccccc1-c1ccccc1. The first kappa shape index (κ1) is 22.9. The van der Waals surface area contributed by atoms with E-state index in [1.54, 1.807) is 60.9 Å². The molecule has 0 saturated heterocycles. The quantitative estimate of drug-likeness (QED) is 0.408. The molecule has 0 aliphatic heterocycles. The third-order valence-electron chi connectivity index (χ3n) is 5.21. The van der Waals surface area contributed by atoms with E-state index in [1.165, 1.54) is 0 Å². The molecule has 0 saturated carbocycles. The molecule has 3 aromatic carbocycles. The average Bonchev–Trinajstić information content (AvgIpc) is 2.87. The number of primary amides is 1. The number of nitrogens with zero attached hydrogens (tertiary/aromatic N) is 2. The first-order chi connectivity index (χ1) is 16.5. The smallest absolute Gasteiger partial charge is 0.265 e. The van der Waals surface area contributed by atoms with Crippen LogP contribution in [0.3, 0.4) is 0 Å². The molecular formula is C27H23N3O3S. The predicted octanol–water partition coefficient (Wildman–Crippen LogP) is 4.60. The van der Waals surface area contributed by atoms with E-state index in [1.807, 2.05) is 54.6 Å². The third kappa shape index (κ3) is 5.05. The van der Waals surface area contributed by atoms with Crippen molar-refractivity contribution in [2.45, 2.75) is 4.90 Å². The minimum Gasteiger partial charge on any atom is -0.368 e. The van der Waals surface area contributed by atoms with Gasteiger partial charge < -0.3 is 5.73 Å². The van der Waals surface area contributed by atoms with Gasteiger partial charge >= 0.3 is 0 Å². The molecule has 170 valence electrons. The molecule has 6 nitrogen and oxygen atoms in total. The molecule has 0 aliphatic carbocycles. The van der Waals surface area contributed by atoms with Crippen molar-refractivity contribution in [1.82, 2.24) is 4.98 Å². The molecule has 1 aromatic heterocycles. The standard InChI is InChI=1S/C27H23N3O3S/c28-27(31)20-30(25-12-6-4-10-23(25)15-14-21-16-18-29-19-17-21)34(32,33)26-13-7-5-11-24(26)22-8-2-1-3-9-22/h1-19H,20H2,(H2,28,31)/b15-14+. The molecule has 0 spiro atoms. The van der Waals surface area contributed by atoms with Crippen LogP contribution in [0.1, 0.15) is 11.1 Å². The fraction of sp³-hybridized carbons (Fsp3) is 0.0370.